The summed E-state index contributed by atoms with van der Waals surface area (Å²) in [6.07, 6.45) is 1.50. The Morgan fingerprint density at radius 1 is 0.757 bits per heavy atom. The van der Waals surface area contributed by atoms with Crippen LogP contribution in [0.4, 0.5) is 0 Å². The third-order valence-electron chi connectivity index (χ3n) is 6.26. The fourth-order valence-corrected chi connectivity index (χ4v) is 4.54. The van der Waals surface area contributed by atoms with Crippen LogP contribution in [-0.4, -0.2) is 27.5 Å². The van der Waals surface area contributed by atoms with Gasteiger partial charge in [-0.3, -0.25) is 4.68 Å². The van der Waals surface area contributed by atoms with Crippen LogP contribution in [0.5, 0.6) is 5.75 Å². The van der Waals surface area contributed by atoms with Crippen molar-refractivity contribution in [2.24, 2.45) is 0 Å². The van der Waals surface area contributed by atoms with Gasteiger partial charge in [0.2, 0.25) is 0 Å². The van der Waals surface area contributed by atoms with Crippen molar-refractivity contribution in [1.82, 2.24) is 9.78 Å². The summed E-state index contributed by atoms with van der Waals surface area (Å²) in [4.78, 5) is 10.8. The molecule has 5 aromatic rings. The molecule has 37 heavy (non-hydrogen) atoms. The van der Waals surface area contributed by atoms with Crippen LogP contribution in [0.15, 0.2) is 121 Å². The highest BCUT2D eigenvalue weighted by Gasteiger charge is 2.22. The maximum atomic E-state index is 10.8. The number of carbonyl (C=O) groups is 1. The smallest absolute Gasteiger partial charge is 0.341 e. The lowest BCUT2D eigenvalue weighted by Crippen LogP contribution is -2.15. The molecule has 0 amide bonds. The van der Waals surface area contributed by atoms with Gasteiger partial charge in [-0.15, -0.1) is 0 Å². The summed E-state index contributed by atoms with van der Waals surface area (Å²) in [6, 6.07) is 41.0. The molecular weight excluding hydrogens is 460 g/mol. The van der Waals surface area contributed by atoms with Gasteiger partial charge < -0.3 is 9.84 Å². The van der Waals surface area contributed by atoms with E-state index in [2.05, 4.69) is 83.5 Å². The van der Waals surface area contributed by atoms with E-state index in [-0.39, 0.29) is 12.6 Å². The Morgan fingerprint density at radius 3 is 2.00 bits per heavy atom. The van der Waals surface area contributed by atoms with Gasteiger partial charge in [-0.2, -0.15) is 5.10 Å². The molecule has 0 aliphatic carbocycles. The van der Waals surface area contributed by atoms with Gasteiger partial charge in [0.15, 0.2) is 6.61 Å². The summed E-state index contributed by atoms with van der Waals surface area (Å²) < 4.78 is 7.49. The SMILES string of the molecule is O=C(O)COc1cccc(CCc2cc(-c3ccccc3)n(C(c3ccccc3)c3ccccc3)n2)c1. The van der Waals surface area contributed by atoms with Crippen LogP contribution in [0.2, 0.25) is 0 Å². The van der Waals surface area contributed by atoms with E-state index in [9.17, 15) is 4.79 Å². The van der Waals surface area contributed by atoms with Crippen molar-refractivity contribution >= 4 is 5.97 Å². The summed E-state index contributed by atoms with van der Waals surface area (Å²) in [5.41, 5.74) is 6.58. The predicted octanol–water partition coefficient (Wildman–Crippen LogP) is 6.44. The molecule has 0 radical (unpaired) electrons. The first-order chi connectivity index (χ1) is 18.2. The minimum absolute atomic E-state index is 0.0703. The second kappa shape index (κ2) is 11.4. The maximum Gasteiger partial charge on any atom is 0.341 e. The molecule has 0 bridgehead atoms. The van der Waals surface area contributed by atoms with Gasteiger partial charge in [0.25, 0.3) is 0 Å². The highest BCUT2D eigenvalue weighted by molar-refractivity contribution is 5.68. The molecule has 5 nitrogen and oxygen atoms in total. The molecule has 0 aliphatic heterocycles. The van der Waals surface area contributed by atoms with Crippen molar-refractivity contribution in [3.8, 4) is 17.0 Å². The van der Waals surface area contributed by atoms with Gasteiger partial charge in [0, 0.05) is 0 Å². The largest absolute Gasteiger partial charge is 0.482 e. The second-order valence-corrected chi connectivity index (χ2v) is 8.89. The maximum absolute atomic E-state index is 10.8. The third kappa shape index (κ3) is 5.96. The Kier molecular flexibility index (Phi) is 7.42. The Hall–Kier alpha value is -4.64. The number of hydrogen-bond acceptors (Lipinski definition) is 3. The number of ether oxygens (including phenoxy) is 1. The lowest BCUT2D eigenvalue weighted by molar-refractivity contribution is -0.139. The normalized spacial score (nSPS) is 10.9. The Morgan fingerprint density at radius 2 is 1.38 bits per heavy atom. The van der Waals surface area contributed by atoms with Gasteiger partial charge in [-0.1, -0.05) is 103 Å². The fourth-order valence-electron chi connectivity index (χ4n) is 4.54. The molecular formula is C32H28N2O3. The number of aliphatic carboxylic acids is 1. The topological polar surface area (TPSA) is 64.3 Å². The summed E-state index contributed by atoms with van der Waals surface area (Å²) >= 11 is 0. The molecule has 0 saturated heterocycles. The molecule has 4 aromatic carbocycles. The van der Waals surface area contributed by atoms with E-state index < -0.39 is 5.97 Å². The van der Waals surface area contributed by atoms with E-state index in [0.29, 0.717) is 5.75 Å². The highest BCUT2D eigenvalue weighted by Crippen LogP contribution is 2.32. The highest BCUT2D eigenvalue weighted by atomic mass is 16.5. The molecule has 5 rings (SSSR count). The molecule has 0 aliphatic rings. The molecule has 0 fully saturated rings. The summed E-state index contributed by atoms with van der Waals surface area (Å²) in [5, 5.41) is 14.0. The number of nitrogens with zero attached hydrogens (tertiary/aromatic N) is 2. The van der Waals surface area contributed by atoms with E-state index in [1.165, 1.54) is 11.1 Å². The van der Waals surface area contributed by atoms with Crippen molar-refractivity contribution in [2.45, 2.75) is 18.9 Å². The first-order valence-corrected chi connectivity index (χ1v) is 12.3. The van der Waals surface area contributed by atoms with Gasteiger partial charge in [-0.25, -0.2) is 4.79 Å². The number of benzene rings is 4. The summed E-state index contributed by atoms with van der Waals surface area (Å²) in [7, 11) is 0. The van der Waals surface area contributed by atoms with E-state index in [1.54, 1.807) is 6.07 Å². The molecule has 0 atom stereocenters. The number of carboxylic acids is 1. The Bertz CT molecular complexity index is 1410. The monoisotopic (exact) mass is 488 g/mol. The van der Waals surface area contributed by atoms with Crippen LogP contribution < -0.4 is 4.74 Å². The number of aromatic nitrogens is 2. The first kappa shape index (κ1) is 24.1. The average molecular weight is 489 g/mol. The molecule has 1 heterocycles. The van der Waals surface area contributed by atoms with E-state index in [1.807, 2.05) is 36.4 Å². The minimum Gasteiger partial charge on any atom is -0.482 e. The lowest BCUT2D eigenvalue weighted by atomic mass is 9.98. The molecule has 1 N–H and O–H groups in total. The lowest BCUT2D eigenvalue weighted by Gasteiger charge is -2.21. The molecule has 0 spiro atoms. The molecule has 0 unspecified atom stereocenters. The van der Waals surface area contributed by atoms with Gasteiger partial charge in [0.1, 0.15) is 11.8 Å². The van der Waals surface area contributed by atoms with E-state index >= 15 is 0 Å². The van der Waals surface area contributed by atoms with Gasteiger partial charge in [-0.05, 0) is 53.3 Å². The second-order valence-electron chi connectivity index (χ2n) is 8.89. The zero-order valence-corrected chi connectivity index (χ0v) is 20.4. The van der Waals surface area contributed by atoms with Crippen molar-refractivity contribution in [1.29, 1.82) is 0 Å². The zero-order chi connectivity index (χ0) is 25.5. The van der Waals surface area contributed by atoms with Crippen LogP contribution in [0, 0.1) is 0 Å². The van der Waals surface area contributed by atoms with Crippen LogP contribution in [-0.2, 0) is 17.6 Å². The fraction of sp³-hybridized carbons (Fsp3) is 0.125. The standard InChI is InChI=1S/C32H28N2O3/c35-31(36)23-37-29-18-10-11-24(21-29)19-20-28-22-30(25-12-4-1-5-13-25)34(33-28)32(26-14-6-2-7-15-26)27-16-8-3-9-17-27/h1-18,21-22,32H,19-20,23H2,(H,35,36). The molecule has 5 heteroatoms. The van der Waals surface area contributed by atoms with Crippen molar-refractivity contribution < 1.29 is 14.6 Å². The van der Waals surface area contributed by atoms with Crippen LogP contribution >= 0.6 is 0 Å². The number of carboxylic acid groups (broad SMARTS) is 1. The van der Waals surface area contributed by atoms with Crippen molar-refractivity contribution in [3.05, 3.63) is 144 Å². The molecule has 0 saturated carbocycles. The number of aryl methyl sites for hydroxylation is 2. The van der Waals surface area contributed by atoms with Crippen LogP contribution in [0.1, 0.15) is 28.4 Å². The summed E-state index contributed by atoms with van der Waals surface area (Å²) in [6.45, 7) is -0.353. The zero-order valence-electron chi connectivity index (χ0n) is 20.4. The Labute approximate surface area is 216 Å². The number of rotatable bonds is 10. The number of hydrogen-bond donors (Lipinski definition) is 1. The van der Waals surface area contributed by atoms with Crippen LogP contribution in [0.3, 0.4) is 0 Å². The average Bonchev–Trinajstić information content (AvgIpc) is 3.36. The van der Waals surface area contributed by atoms with Crippen LogP contribution in [0.25, 0.3) is 11.3 Å². The predicted molar refractivity (Wildman–Crippen MR) is 145 cm³/mol. The van der Waals surface area contributed by atoms with E-state index in [0.717, 1.165) is 35.4 Å². The Balaban J connectivity index is 1.50. The van der Waals surface area contributed by atoms with E-state index in [4.69, 9.17) is 14.9 Å². The molecule has 184 valence electrons. The third-order valence-corrected chi connectivity index (χ3v) is 6.26. The minimum atomic E-state index is -0.990. The first-order valence-electron chi connectivity index (χ1n) is 12.3. The van der Waals surface area contributed by atoms with Crippen molar-refractivity contribution in [2.75, 3.05) is 6.61 Å². The summed E-state index contributed by atoms with van der Waals surface area (Å²) in [5.74, 6) is -0.431. The molecule has 1 aromatic heterocycles. The quantitative estimate of drug-likeness (QED) is 0.246. The van der Waals surface area contributed by atoms with Crippen molar-refractivity contribution in [3.63, 3.8) is 0 Å². The van der Waals surface area contributed by atoms with Gasteiger partial charge >= 0.3 is 5.97 Å². The van der Waals surface area contributed by atoms with Gasteiger partial charge in [0.05, 0.1) is 11.4 Å².